The molecule has 0 saturated carbocycles. The SMILES string of the molecule is CCC(C)C(C(=O)O)c1ccc(O)c(OC)c1. The van der Waals surface area contributed by atoms with Gasteiger partial charge in [-0.3, -0.25) is 4.79 Å². The highest BCUT2D eigenvalue weighted by atomic mass is 16.5. The lowest BCUT2D eigenvalue weighted by Crippen LogP contribution is -2.19. The van der Waals surface area contributed by atoms with Crippen LogP contribution in [0.2, 0.25) is 0 Å². The molecule has 4 nitrogen and oxygen atoms in total. The fourth-order valence-corrected chi connectivity index (χ4v) is 1.84. The van der Waals surface area contributed by atoms with Crippen LogP contribution in [0.15, 0.2) is 18.2 Å². The minimum atomic E-state index is -0.855. The predicted molar refractivity (Wildman–Crippen MR) is 64.5 cm³/mol. The average molecular weight is 238 g/mol. The maximum absolute atomic E-state index is 11.3. The number of methoxy groups -OCH3 is 1. The van der Waals surface area contributed by atoms with Crippen molar-refractivity contribution >= 4 is 5.97 Å². The number of hydrogen-bond donors (Lipinski definition) is 2. The Balaban J connectivity index is 3.15. The van der Waals surface area contributed by atoms with E-state index in [0.717, 1.165) is 6.42 Å². The molecule has 0 fully saturated rings. The van der Waals surface area contributed by atoms with E-state index in [4.69, 9.17) is 4.74 Å². The van der Waals surface area contributed by atoms with Crippen molar-refractivity contribution in [1.29, 1.82) is 0 Å². The number of carbonyl (C=O) groups is 1. The van der Waals surface area contributed by atoms with Crippen LogP contribution in [-0.2, 0) is 4.79 Å². The summed E-state index contributed by atoms with van der Waals surface area (Å²) in [7, 11) is 1.44. The van der Waals surface area contributed by atoms with Gasteiger partial charge in [-0.1, -0.05) is 26.3 Å². The summed E-state index contributed by atoms with van der Waals surface area (Å²) in [5.74, 6) is -1.08. The number of benzene rings is 1. The van der Waals surface area contributed by atoms with Crippen LogP contribution in [0.3, 0.4) is 0 Å². The zero-order valence-electron chi connectivity index (χ0n) is 10.3. The van der Waals surface area contributed by atoms with Crippen LogP contribution in [0.1, 0.15) is 31.7 Å². The maximum atomic E-state index is 11.3. The molecule has 0 heterocycles. The van der Waals surface area contributed by atoms with Crippen LogP contribution in [0.25, 0.3) is 0 Å². The standard InChI is InChI=1S/C13H18O4/c1-4-8(2)12(13(15)16)9-5-6-10(14)11(7-9)17-3/h5-8,12,14H,4H2,1-3H3,(H,15,16). The summed E-state index contributed by atoms with van der Waals surface area (Å²) in [6.07, 6.45) is 0.778. The third kappa shape index (κ3) is 2.90. The zero-order valence-corrected chi connectivity index (χ0v) is 10.3. The van der Waals surface area contributed by atoms with Crippen molar-refractivity contribution in [3.8, 4) is 11.5 Å². The summed E-state index contributed by atoms with van der Waals surface area (Å²) >= 11 is 0. The van der Waals surface area contributed by atoms with Crippen LogP contribution in [0.5, 0.6) is 11.5 Å². The Morgan fingerprint density at radius 1 is 1.47 bits per heavy atom. The highest BCUT2D eigenvalue weighted by Crippen LogP contribution is 2.33. The lowest BCUT2D eigenvalue weighted by atomic mass is 9.85. The Morgan fingerprint density at radius 3 is 2.59 bits per heavy atom. The monoisotopic (exact) mass is 238 g/mol. The third-order valence-corrected chi connectivity index (χ3v) is 3.04. The second-order valence-electron chi connectivity index (χ2n) is 4.13. The van der Waals surface area contributed by atoms with Gasteiger partial charge < -0.3 is 14.9 Å². The lowest BCUT2D eigenvalue weighted by molar-refractivity contribution is -0.140. The van der Waals surface area contributed by atoms with Gasteiger partial charge in [0.1, 0.15) is 0 Å². The van der Waals surface area contributed by atoms with E-state index >= 15 is 0 Å². The third-order valence-electron chi connectivity index (χ3n) is 3.04. The molecule has 17 heavy (non-hydrogen) atoms. The molecule has 0 aromatic heterocycles. The summed E-state index contributed by atoms with van der Waals surface area (Å²) in [5.41, 5.74) is 0.654. The quantitative estimate of drug-likeness (QED) is 0.827. The van der Waals surface area contributed by atoms with Gasteiger partial charge in [0.15, 0.2) is 11.5 Å². The highest BCUT2D eigenvalue weighted by molar-refractivity contribution is 5.76. The zero-order chi connectivity index (χ0) is 13.0. The summed E-state index contributed by atoms with van der Waals surface area (Å²) in [6, 6.07) is 4.68. The van der Waals surface area contributed by atoms with Gasteiger partial charge in [0.2, 0.25) is 0 Å². The fraction of sp³-hybridized carbons (Fsp3) is 0.462. The van der Waals surface area contributed by atoms with E-state index in [0.29, 0.717) is 11.3 Å². The van der Waals surface area contributed by atoms with Gasteiger partial charge in [-0.15, -0.1) is 0 Å². The molecule has 0 aliphatic heterocycles. The molecule has 0 aliphatic rings. The Morgan fingerprint density at radius 2 is 2.12 bits per heavy atom. The summed E-state index contributed by atoms with van der Waals surface area (Å²) in [5, 5.41) is 18.7. The van der Waals surface area contributed by atoms with Gasteiger partial charge in [0, 0.05) is 0 Å². The number of rotatable bonds is 5. The second kappa shape index (κ2) is 5.57. The minimum Gasteiger partial charge on any atom is -0.504 e. The molecule has 1 rings (SSSR count). The van der Waals surface area contributed by atoms with E-state index in [9.17, 15) is 15.0 Å². The number of aromatic hydroxyl groups is 1. The Hall–Kier alpha value is -1.71. The predicted octanol–water partition coefficient (Wildman–Crippen LogP) is 2.62. The molecular formula is C13H18O4. The van der Waals surface area contributed by atoms with Crippen LogP contribution < -0.4 is 4.74 Å². The normalized spacial score (nSPS) is 14.1. The van der Waals surface area contributed by atoms with Crippen molar-refractivity contribution in [3.05, 3.63) is 23.8 Å². The number of ether oxygens (including phenoxy) is 1. The molecule has 0 saturated heterocycles. The number of hydrogen-bond acceptors (Lipinski definition) is 3. The van der Waals surface area contributed by atoms with Gasteiger partial charge in [-0.25, -0.2) is 0 Å². The summed E-state index contributed by atoms with van der Waals surface area (Å²) < 4.78 is 4.99. The first-order valence-electron chi connectivity index (χ1n) is 5.61. The van der Waals surface area contributed by atoms with Crippen LogP contribution in [-0.4, -0.2) is 23.3 Å². The van der Waals surface area contributed by atoms with E-state index in [-0.39, 0.29) is 11.7 Å². The van der Waals surface area contributed by atoms with E-state index in [1.54, 1.807) is 12.1 Å². The second-order valence-corrected chi connectivity index (χ2v) is 4.13. The number of aliphatic carboxylic acids is 1. The molecule has 0 aliphatic carbocycles. The summed E-state index contributed by atoms with van der Waals surface area (Å²) in [4.78, 5) is 11.3. The smallest absolute Gasteiger partial charge is 0.311 e. The van der Waals surface area contributed by atoms with E-state index in [2.05, 4.69) is 0 Å². The van der Waals surface area contributed by atoms with Gasteiger partial charge in [0.25, 0.3) is 0 Å². The first-order chi connectivity index (χ1) is 8.01. The molecule has 2 N–H and O–H groups in total. The molecule has 0 amide bonds. The van der Waals surface area contributed by atoms with Crippen molar-refractivity contribution in [2.75, 3.05) is 7.11 Å². The highest BCUT2D eigenvalue weighted by Gasteiger charge is 2.26. The molecule has 94 valence electrons. The average Bonchev–Trinajstić information content (AvgIpc) is 2.30. The molecule has 0 radical (unpaired) electrons. The lowest BCUT2D eigenvalue weighted by Gasteiger charge is -2.19. The first-order valence-corrected chi connectivity index (χ1v) is 5.61. The van der Waals surface area contributed by atoms with Crippen molar-refractivity contribution < 1.29 is 19.7 Å². The largest absolute Gasteiger partial charge is 0.504 e. The Labute approximate surface area is 101 Å². The van der Waals surface area contributed by atoms with Gasteiger partial charge in [0.05, 0.1) is 13.0 Å². The van der Waals surface area contributed by atoms with Crippen molar-refractivity contribution in [1.82, 2.24) is 0 Å². The van der Waals surface area contributed by atoms with Gasteiger partial charge in [-0.2, -0.15) is 0 Å². The van der Waals surface area contributed by atoms with Crippen LogP contribution in [0.4, 0.5) is 0 Å². The van der Waals surface area contributed by atoms with Crippen molar-refractivity contribution in [2.24, 2.45) is 5.92 Å². The number of carboxylic acid groups (broad SMARTS) is 1. The van der Waals surface area contributed by atoms with E-state index < -0.39 is 11.9 Å². The van der Waals surface area contributed by atoms with Crippen LogP contribution in [0, 0.1) is 5.92 Å². The number of phenols is 1. The van der Waals surface area contributed by atoms with Crippen molar-refractivity contribution in [3.63, 3.8) is 0 Å². The maximum Gasteiger partial charge on any atom is 0.311 e. The summed E-state index contributed by atoms with van der Waals surface area (Å²) in [6.45, 7) is 3.86. The molecule has 0 bridgehead atoms. The first kappa shape index (κ1) is 13.4. The van der Waals surface area contributed by atoms with E-state index in [1.807, 2.05) is 13.8 Å². The molecule has 2 unspecified atom stereocenters. The Kier molecular flexibility index (Phi) is 4.37. The molecular weight excluding hydrogens is 220 g/mol. The van der Waals surface area contributed by atoms with Crippen molar-refractivity contribution in [2.45, 2.75) is 26.2 Å². The van der Waals surface area contributed by atoms with Crippen LogP contribution >= 0.6 is 0 Å². The molecule has 4 heteroatoms. The molecule has 0 spiro atoms. The topological polar surface area (TPSA) is 66.8 Å². The molecule has 2 atom stereocenters. The number of carboxylic acids is 1. The Bertz CT molecular complexity index is 400. The number of phenolic OH excluding ortho intramolecular Hbond substituents is 1. The molecule has 1 aromatic rings. The van der Waals surface area contributed by atoms with Gasteiger partial charge >= 0.3 is 5.97 Å². The minimum absolute atomic E-state index is 0.0181. The van der Waals surface area contributed by atoms with E-state index in [1.165, 1.54) is 13.2 Å². The van der Waals surface area contributed by atoms with Gasteiger partial charge in [-0.05, 0) is 23.6 Å². The molecule has 1 aromatic carbocycles. The fourth-order valence-electron chi connectivity index (χ4n) is 1.84.